The number of aliphatic carboxylic acids is 1. The van der Waals surface area contributed by atoms with Crippen LogP contribution < -0.4 is 0 Å². The van der Waals surface area contributed by atoms with Crippen molar-refractivity contribution in [2.45, 2.75) is 45.7 Å². The van der Waals surface area contributed by atoms with Crippen LogP contribution in [0.4, 0.5) is 0 Å². The van der Waals surface area contributed by atoms with Crippen molar-refractivity contribution in [3.8, 4) is 0 Å². The number of benzene rings is 1. The third-order valence-electron chi connectivity index (χ3n) is 3.71. The zero-order valence-corrected chi connectivity index (χ0v) is 11.7. The molecule has 3 nitrogen and oxygen atoms in total. The van der Waals surface area contributed by atoms with Crippen LogP contribution in [0.1, 0.15) is 37.8 Å². The van der Waals surface area contributed by atoms with Crippen molar-refractivity contribution in [1.82, 2.24) is 4.90 Å². The topological polar surface area (TPSA) is 40.5 Å². The molecule has 0 heterocycles. The van der Waals surface area contributed by atoms with Crippen LogP contribution in [-0.4, -0.2) is 28.6 Å². The van der Waals surface area contributed by atoms with E-state index >= 15 is 0 Å². The van der Waals surface area contributed by atoms with Crippen LogP contribution in [-0.2, 0) is 11.3 Å². The number of hydrogen-bond donors (Lipinski definition) is 1. The molecule has 0 aliphatic heterocycles. The number of aryl methyl sites for hydroxylation is 1. The fourth-order valence-electron chi connectivity index (χ4n) is 2.17. The standard InChI is InChI=1S/C15H23NO2/c1-5-10-15(3,14(17)18)16(4)11-13-9-7-6-8-12(13)2/h6-9H,5,10-11H2,1-4H3,(H,17,18). The highest BCUT2D eigenvalue weighted by Crippen LogP contribution is 2.23. The second-order valence-electron chi connectivity index (χ2n) is 5.11. The molecule has 1 aromatic rings. The molecule has 0 aromatic heterocycles. The van der Waals surface area contributed by atoms with E-state index in [4.69, 9.17) is 0 Å². The molecule has 0 radical (unpaired) electrons. The molecule has 0 fully saturated rings. The highest BCUT2D eigenvalue weighted by molar-refractivity contribution is 5.78. The molecule has 1 rings (SSSR count). The lowest BCUT2D eigenvalue weighted by atomic mass is 9.93. The predicted octanol–water partition coefficient (Wildman–Crippen LogP) is 3.07. The molecule has 1 atom stereocenters. The number of carbonyl (C=O) groups is 1. The first kappa shape index (κ1) is 14.7. The zero-order valence-electron chi connectivity index (χ0n) is 11.7. The van der Waals surface area contributed by atoms with E-state index in [-0.39, 0.29) is 0 Å². The average molecular weight is 249 g/mol. The third-order valence-corrected chi connectivity index (χ3v) is 3.71. The molecule has 3 heteroatoms. The number of hydrogen-bond acceptors (Lipinski definition) is 2. The van der Waals surface area contributed by atoms with Crippen LogP contribution in [0.3, 0.4) is 0 Å². The maximum Gasteiger partial charge on any atom is 0.323 e. The average Bonchev–Trinajstić information content (AvgIpc) is 2.32. The molecule has 0 bridgehead atoms. The van der Waals surface area contributed by atoms with Gasteiger partial charge in [0.15, 0.2) is 0 Å². The van der Waals surface area contributed by atoms with E-state index in [0.29, 0.717) is 13.0 Å². The van der Waals surface area contributed by atoms with Crippen molar-refractivity contribution < 1.29 is 9.90 Å². The number of rotatable bonds is 6. The Kier molecular flexibility index (Phi) is 4.91. The fourth-order valence-corrected chi connectivity index (χ4v) is 2.17. The molecule has 0 amide bonds. The maximum absolute atomic E-state index is 11.5. The normalized spacial score (nSPS) is 14.5. The number of carboxylic acid groups (broad SMARTS) is 1. The van der Waals surface area contributed by atoms with Crippen molar-refractivity contribution in [1.29, 1.82) is 0 Å². The molecule has 18 heavy (non-hydrogen) atoms. The smallest absolute Gasteiger partial charge is 0.323 e. The Morgan fingerprint density at radius 2 is 2.00 bits per heavy atom. The van der Waals surface area contributed by atoms with Crippen LogP contribution in [0.25, 0.3) is 0 Å². The molecule has 1 N–H and O–H groups in total. The predicted molar refractivity (Wildman–Crippen MR) is 73.6 cm³/mol. The Balaban J connectivity index is 2.89. The minimum atomic E-state index is -0.795. The van der Waals surface area contributed by atoms with Crippen LogP contribution >= 0.6 is 0 Å². The zero-order chi connectivity index (χ0) is 13.8. The van der Waals surface area contributed by atoms with Gasteiger partial charge < -0.3 is 5.11 Å². The lowest BCUT2D eigenvalue weighted by molar-refractivity contribution is -0.150. The first-order valence-corrected chi connectivity index (χ1v) is 6.41. The van der Waals surface area contributed by atoms with Crippen molar-refractivity contribution >= 4 is 5.97 Å². The summed E-state index contributed by atoms with van der Waals surface area (Å²) in [5.74, 6) is -0.750. The largest absolute Gasteiger partial charge is 0.480 e. The summed E-state index contributed by atoms with van der Waals surface area (Å²) in [6.45, 7) is 6.54. The summed E-state index contributed by atoms with van der Waals surface area (Å²) >= 11 is 0. The molecule has 0 spiro atoms. The molecule has 0 aliphatic carbocycles. The molecular weight excluding hydrogens is 226 g/mol. The van der Waals surface area contributed by atoms with Crippen molar-refractivity contribution in [2.24, 2.45) is 0 Å². The highest BCUT2D eigenvalue weighted by Gasteiger charge is 2.36. The van der Waals surface area contributed by atoms with Gasteiger partial charge in [-0.15, -0.1) is 0 Å². The van der Waals surface area contributed by atoms with E-state index in [1.165, 1.54) is 11.1 Å². The van der Waals surface area contributed by atoms with Crippen LogP contribution in [0, 0.1) is 6.92 Å². The lowest BCUT2D eigenvalue weighted by Gasteiger charge is -2.35. The minimum Gasteiger partial charge on any atom is -0.480 e. The molecular formula is C15H23NO2. The number of carboxylic acids is 1. The van der Waals surface area contributed by atoms with Gasteiger partial charge in [-0.2, -0.15) is 0 Å². The summed E-state index contributed by atoms with van der Waals surface area (Å²) in [5, 5.41) is 9.44. The van der Waals surface area contributed by atoms with Gasteiger partial charge in [0.05, 0.1) is 0 Å². The Bertz CT molecular complexity index is 417. The van der Waals surface area contributed by atoms with E-state index in [1.54, 1.807) is 6.92 Å². The van der Waals surface area contributed by atoms with Crippen LogP contribution in [0.15, 0.2) is 24.3 Å². The van der Waals surface area contributed by atoms with Gasteiger partial charge in [0.1, 0.15) is 5.54 Å². The van der Waals surface area contributed by atoms with Gasteiger partial charge in [0.25, 0.3) is 0 Å². The first-order chi connectivity index (χ1) is 8.41. The Labute approximate surface area is 109 Å². The Hall–Kier alpha value is -1.35. The molecule has 1 aromatic carbocycles. The Morgan fingerprint density at radius 3 is 2.50 bits per heavy atom. The van der Waals surface area contributed by atoms with Crippen molar-refractivity contribution in [3.05, 3.63) is 35.4 Å². The minimum absolute atomic E-state index is 0.657. The molecule has 1 unspecified atom stereocenters. The van der Waals surface area contributed by atoms with Gasteiger partial charge in [-0.25, -0.2) is 0 Å². The number of likely N-dealkylation sites (N-methyl/N-ethyl adjacent to an activating group) is 1. The fraction of sp³-hybridized carbons (Fsp3) is 0.533. The van der Waals surface area contributed by atoms with E-state index in [1.807, 2.05) is 31.0 Å². The Morgan fingerprint density at radius 1 is 1.39 bits per heavy atom. The maximum atomic E-state index is 11.5. The molecule has 0 aliphatic rings. The van der Waals surface area contributed by atoms with Crippen molar-refractivity contribution in [3.63, 3.8) is 0 Å². The molecule has 0 saturated heterocycles. The summed E-state index contributed by atoms with van der Waals surface area (Å²) in [5.41, 5.74) is 1.59. The second kappa shape index (κ2) is 6.01. The number of nitrogens with zero attached hydrogens (tertiary/aromatic N) is 1. The van der Waals surface area contributed by atoms with Gasteiger partial charge in [-0.05, 0) is 38.4 Å². The summed E-state index contributed by atoms with van der Waals surface area (Å²) in [4.78, 5) is 13.4. The van der Waals surface area contributed by atoms with Gasteiger partial charge >= 0.3 is 5.97 Å². The van der Waals surface area contributed by atoms with E-state index < -0.39 is 11.5 Å². The lowest BCUT2D eigenvalue weighted by Crippen LogP contribution is -2.50. The monoisotopic (exact) mass is 249 g/mol. The van der Waals surface area contributed by atoms with Crippen LogP contribution in [0.2, 0.25) is 0 Å². The van der Waals surface area contributed by atoms with Gasteiger partial charge in [-0.3, -0.25) is 9.69 Å². The first-order valence-electron chi connectivity index (χ1n) is 6.41. The quantitative estimate of drug-likeness (QED) is 0.842. The van der Waals surface area contributed by atoms with E-state index in [0.717, 1.165) is 6.42 Å². The van der Waals surface area contributed by atoms with E-state index in [9.17, 15) is 9.90 Å². The van der Waals surface area contributed by atoms with E-state index in [2.05, 4.69) is 19.1 Å². The summed E-state index contributed by atoms with van der Waals surface area (Å²) in [6, 6.07) is 8.11. The SMILES string of the molecule is CCCC(C)(C(=O)O)N(C)Cc1ccccc1C. The van der Waals surface area contributed by atoms with Gasteiger partial charge in [0.2, 0.25) is 0 Å². The highest BCUT2D eigenvalue weighted by atomic mass is 16.4. The van der Waals surface area contributed by atoms with Gasteiger partial charge in [-0.1, -0.05) is 37.6 Å². The van der Waals surface area contributed by atoms with Crippen LogP contribution in [0.5, 0.6) is 0 Å². The molecule has 100 valence electrons. The summed E-state index contributed by atoms with van der Waals surface area (Å²) < 4.78 is 0. The van der Waals surface area contributed by atoms with Gasteiger partial charge in [0, 0.05) is 6.54 Å². The van der Waals surface area contributed by atoms with Crippen molar-refractivity contribution in [2.75, 3.05) is 7.05 Å². The summed E-state index contributed by atoms with van der Waals surface area (Å²) in [6.07, 6.45) is 1.52. The second-order valence-corrected chi connectivity index (χ2v) is 5.11. The molecule has 0 saturated carbocycles. The summed E-state index contributed by atoms with van der Waals surface area (Å²) in [7, 11) is 1.89. The third kappa shape index (κ3) is 3.10.